The number of rotatable bonds is 26. The van der Waals surface area contributed by atoms with Crippen LogP contribution in [0.5, 0.6) is 0 Å². The summed E-state index contributed by atoms with van der Waals surface area (Å²) < 4.78 is 90.7. The van der Waals surface area contributed by atoms with Crippen LogP contribution < -0.4 is 29.9 Å². The number of aromatic amines is 2. The summed E-state index contributed by atoms with van der Waals surface area (Å²) in [6.45, 7) is 23.5. The Bertz CT molecular complexity index is 6880. The molecule has 6 N–H and O–H groups in total. The van der Waals surface area contributed by atoms with Crippen molar-refractivity contribution in [3.8, 4) is 11.4 Å². The molecule has 6 aliphatic heterocycles. The number of hydrogen-bond donors (Lipinski definition) is 6. The number of nitro groups is 2. The van der Waals surface area contributed by atoms with Crippen molar-refractivity contribution in [3.63, 3.8) is 0 Å². The van der Waals surface area contributed by atoms with E-state index in [1.165, 1.54) is 57.7 Å². The quantitative estimate of drug-likeness (QED) is 0.0217. The highest BCUT2D eigenvalue weighted by Crippen LogP contribution is 2.47. The number of H-pyrrole nitrogens is 2. The number of piperazine rings is 2. The van der Waals surface area contributed by atoms with Crippen LogP contribution in [0.4, 0.5) is 38.5 Å². The van der Waals surface area contributed by atoms with Crippen LogP contribution in [0, 0.1) is 37.0 Å². The molecule has 0 radical (unpaired) electrons. The first kappa shape index (κ1) is 94.2. The standard InChI is InChI=1S/C50H56ClFN10O6S.C50H57ClN10O6S/c1-49(2)14-11-35(41(28-49)33-3-5-36(51)6-4-33)30-58-20-22-60(23-21-58)37-7-9-40(44(26-37)61-45-25-34-12-17-53-47(34)56-43(45)29-55-61)48(63)57-69(66,67)39-8-10-42(46(27-39)62(64)65)54-32-50(52)15-18-59(19-16-50)38-13-24-68-31-38;1-50(2)16-11-36(42(28-50)34-3-5-37(51)6-4-34)31-57-20-22-59(23-21-57)38-7-9-41(45(26-38)60-46-25-35-12-17-52-48(35)55-44(46)30-54-60)49(62)56-68(65,66)40-8-10-43(47(27-40)61(63)64)53-29-33-13-18-58(19-14-33)39-15-24-67-32-39/h3-10,12,17,25-27,29,38,54-55H,11,13-16,18-24,28,30-32H2,1-2H3,(H,57,63);3-10,12,17,25-27,30,33,39,53-54H,11,13-16,18-24,28-29,31-32H2,1-2H3,(H,56,62). The summed E-state index contributed by atoms with van der Waals surface area (Å²) >= 11 is 12.5. The van der Waals surface area contributed by atoms with Crippen LogP contribution >= 0.6 is 23.2 Å². The number of anilines is 4. The number of aromatic nitrogens is 8. The molecule has 137 heavy (non-hydrogen) atoms. The lowest BCUT2D eigenvalue weighted by Crippen LogP contribution is -2.49. The summed E-state index contributed by atoms with van der Waals surface area (Å²) in [6.07, 6.45) is 17.5. The van der Waals surface area contributed by atoms with Crippen LogP contribution in [0.2, 0.25) is 10.0 Å². The minimum Gasteiger partial charge on any atom is -0.380 e. The molecule has 37 heteroatoms. The highest BCUT2D eigenvalue weighted by Gasteiger charge is 2.40. The van der Waals surface area contributed by atoms with Gasteiger partial charge >= 0.3 is 0 Å². The van der Waals surface area contributed by atoms with Crippen molar-refractivity contribution in [1.82, 2.24) is 68.5 Å². The lowest BCUT2D eigenvalue weighted by molar-refractivity contribution is -0.384. The Morgan fingerprint density at radius 1 is 0.518 bits per heavy atom. The number of pyridine rings is 2. The molecule has 718 valence electrons. The first-order valence-electron chi connectivity index (χ1n) is 47.2. The number of halogens is 3. The molecule has 2 unspecified atom stereocenters. The number of fused-ring (bicyclic) bond motifs is 4. The van der Waals surface area contributed by atoms with Gasteiger partial charge in [0.05, 0.1) is 66.4 Å². The van der Waals surface area contributed by atoms with Crippen LogP contribution in [0.25, 0.3) is 66.7 Å². The number of allylic oxidation sites excluding steroid dienone is 2. The number of likely N-dealkylation sites (tertiary alicyclic amines) is 2. The van der Waals surface area contributed by atoms with Gasteiger partial charge in [-0.3, -0.25) is 69.0 Å². The van der Waals surface area contributed by atoms with E-state index in [1.54, 1.807) is 46.3 Å². The van der Waals surface area contributed by atoms with Gasteiger partial charge in [-0.25, -0.2) is 50.6 Å². The van der Waals surface area contributed by atoms with E-state index in [2.05, 4.69) is 127 Å². The summed E-state index contributed by atoms with van der Waals surface area (Å²) in [5.74, 6) is -1.52. The van der Waals surface area contributed by atoms with Crippen molar-refractivity contribution in [2.45, 2.75) is 132 Å². The van der Waals surface area contributed by atoms with Gasteiger partial charge in [-0.2, -0.15) is 0 Å². The van der Waals surface area contributed by atoms with Crippen LogP contribution in [0.15, 0.2) is 191 Å². The third-order valence-corrected chi connectivity index (χ3v) is 32.0. The second-order valence-electron chi connectivity index (χ2n) is 39.2. The van der Waals surface area contributed by atoms with Gasteiger partial charge in [-0.15, -0.1) is 0 Å². The molecule has 0 spiro atoms. The Morgan fingerprint density at radius 2 is 0.949 bits per heavy atom. The molecular formula is C100H113Cl2FN20O12S2. The number of nitrogens with one attached hydrogen (secondary N) is 6. The average Bonchev–Trinajstić information content (AvgIpc) is 1.63. The summed E-state index contributed by atoms with van der Waals surface area (Å²) in [6, 6.07) is 42.3. The fourth-order valence-corrected chi connectivity index (χ4v) is 23.0. The van der Waals surface area contributed by atoms with E-state index in [0.29, 0.717) is 89.5 Å². The number of sulfonamides is 2. The second-order valence-corrected chi connectivity index (χ2v) is 43.4. The molecule has 32 nitrogen and oxygen atoms in total. The molecule has 0 saturated carbocycles. The Morgan fingerprint density at radius 3 is 1.37 bits per heavy atom. The van der Waals surface area contributed by atoms with E-state index in [1.807, 2.05) is 72.8 Å². The number of amides is 2. The predicted molar refractivity (Wildman–Crippen MR) is 531 cm³/mol. The molecule has 12 heterocycles. The molecule has 12 aromatic rings. The van der Waals surface area contributed by atoms with E-state index in [9.17, 15) is 46.7 Å². The summed E-state index contributed by atoms with van der Waals surface area (Å²) in [5.41, 5.74) is 12.5. The summed E-state index contributed by atoms with van der Waals surface area (Å²) in [7, 11) is -9.23. The van der Waals surface area contributed by atoms with Crippen LogP contribution in [-0.4, -0.2) is 246 Å². The van der Waals surface area contributed by atoms with Gasteiger partial charge in [0.1, 0.15) is 28.1 Å². The molecule has 6 aromatic carbocycles. The Hall–Kier alpha value is -11.8. The first-order valence-corrected chi connectivity index (χ1v) is 50.9. The number of alkyl halides is 1. The predicted octanol–water partition coefficient (Wildman–Crippen LogP) is 16.7. The first-order chi connectivity index (χ1) is 65.9. The lowest BCUT2D eigenvalue weighted by atomic mass is 9.72. The third-order valence-electron chi connectivity index (χ3n) is 28.9. The van der Waals surface area contributed by atoms with E-state index in [-0.39, 0.29) is 64.4 Å². The van der Waals surface area contributed by atoms with Crippen molar-refractivity contribution in [2.24, 2.45) is 16.7 Å². The fraction of sp³-hybridized carbons (Fsp3) is 0.420. The average molecular weight is 1940 g/mol. The number of nitro benzene ring substituents is 2. The zero-order valence-corrected chi connectivity index (χ0v) is 80.3. The maximum atomic E-state index is 16.0. The van der Waals surface area contributed by atoms with Crippen molar-refractivity contribution in [2.75, 3.05) is 152 Å². The molecule has 0 bridgehead atoms. The largest absolute Gasteiger partial charge is 0.380 e. The van der Waals surface area contributed by atoms with E-state index >= 15 is 4.39 Å². The van der Waals surface area contributed by atoms with Gasteiger partial charge in [-0.1, -0.05) is 86.3 Å². The van der Waals surface area contributed by atoms with Gasteiger partial charge < -0.3 is 29.9 Å². The SMILES string of the molecule is CC1(C)CCC(CN2CCN(c3ccc(C(=O)NS(=O)(=O)c4ccc(NCC5(F)CCN(C6CCOC6)CC5)c([N+](=O)[O-])c4)c(-n4[nH]cc5nc6nccc6cc54)c3)CC2)=C(c2ccc(Cl)cc2)C1.CC1(C)CCC(CN2CCN(c3ccc(C(=O)NS(=O)(=O)c4ccc(NCC5CCN(C6CCOC6)CC5)c([N+](=O)[O-])c4)c(-n4[nH]cc5nc6nccc6cc54)c3)CC2)=C(c2ccc(Cl)cc2)C1. The fourth-order valence-electron chi connectivity index (χ4n) is 20.8. The Balaban J connectivity index is 0.000000175. The number of ether oxygens (including phenoxy) is 2. The monoisotopic (exact) mass is 1940 g/mol. The normalized spacial score (nSPS) is 20.0. The molecular weight excluding hydrogens is 1830 g/mol. The van der Waals surface area contributed by atoms with Crippen LogP contribution in [-0.2, 0) is 29.5 Å². The molecule has 6 saturated heterocycles. The molecule has 20 rings (SSSR count). The second kappa shape index (κ2) is 39.3. The lowest BCUT2D eigenvalue weighted by Gasteiger charge is -2.39. The molecule has 6 fully saturated rings. The molecule has 6 aromatic heterocycles. The third kappa shape index (κ3) is 21.0. The van der Waals surface area contributed by atoms with Gasteiger partial charge in [0.15, 0.2) is 11.3 Å². The minimum atomic E-state index is -4.66. The van der Waals surface area contributed by atoms with Crippen molar-refractivity contribution in [1.29, 1.82) is 0 Å². The molecule has 2 amide bonds. The van der Waals surface area contributed by atoms with Crippen molar-refractivity contribution in [3.05, 3.63) is 234 Å². The Labute approximate surface area is 804 Å². The Kier molecular flexibility index (Phi) is 27.0. The van der Waals surface area contributed by atoms with Gasteiger partial charge in [0, 0.05) is 186 Å². The summed E-state index contributed by atoms with van der Waals surface area (Å²) in [5, 5.41) is 40.3. The smallest absolute Gasteiger partial charge is 0.293 e. The number of hydrogen-bond acceptors (Lipinski definition) is 24. The van der Waals surface area contributed by atoms with Crippen LogP contribution in [0.3, 0.4) is 0 Å². The molecule has 2 aliphatic carbocycles. The van der Waals surface area contributed by atoms with E-state index in [0.717, 1.165) is 200 Å². The zero-order chi connectivity index (χ0) is 95.2. The van der Waals surface area contributed by atoms with Crippen molar-refractivity contribution >= 4 is 144 Å². The highest BCUT2D eigenvalue weighted by atomic mass is 35.5. The summed E-state index contributed by atoms with van der Waals surface area (Å²) in [4.78, 5) is 83.3. The van der Waals surface area contributed by atoms with Gasteiger partial charge in [-0.05, 0) is 238 Å². The zero-order valence-electron chi connectivity index (χ0n) is 77.1. The number of piperidine rings is 2. The maximum Gasteiger partial charge on any atom is 0.293 e. The molecule has 2 atom stereocenters. The highest BCUT2D eigenvalue weighted by molar-refractivity contribution is 7.90. The van der Waals surface area contributed by atoms with Gasteiger partial charge in [0.25, 0.3) is 43.2 Å². The van der Waals surface area contributed by atoms with Crippen molar-refractivity contribution < 1.29 is 50.1 Å². The molecule has 8 aliphatic rings. The topological polar surface area (TPSA) is 368 Å². The maximum absolute atomic E-state index is 16.0. The van der Waals surface area contributed by atoms with Gasteiger partial charge in [0.2, 0.25) is 0 Å². The number of carbonyl (C=O) groups is 2. The number of carbonyl (C=O) groups excluding carboxylic acids is 2. The minimum absolute atomic E-state index is 0.0248. The number of benzene rings is 6. The van der Waals surface area contributed by atoms with E-state index < -0.39 is 62.9 Å². The van der Waals surface area contributed by atoms with E-state index in [4.69, 9.17) is 37.7 Å². The van der Waals surface area contributed by atoms with Crippen LogP contribution in [0.1, 0.15) is 137 Å². The number of nitrogens with zero attached hydrogens (tertiary/aromatic N) is 14.